The summed E-state index contributed by atoms with van der Waals surface area (Å²) in [5.74, 6) is -1.69. The summed E-state index contributed by atoms with van der Waals surface area (Å²) in [5.41, 5.74) is 6.69. The zero-order valence-corrected chi connectivity index (χ0v) is 13.7. The van der Waals surface area contributed by atoms with Crippen LogP contribution in [0.1, 0.15) is 20.8 Å². The van der Waals surface area contributed by atoms with Crippen LogP contribution in [0.2, 0.25) is 0 Å². The number of thiophene rings is 1. The van der Waals surface area contributed by atoms with E-state index in [-0.39, 0.29) is 23.5 Å². The smallest absolute Gasteiger partial charge is 0.408 e. The minimum atomic E-state index is -1.25. The molecule has 0 saturated carbocycles. The number of carbonyl (C=O) groups excluding carboxylic acids is 1. The maximum absolute atomic E-state index is 12.6. The maximum Gasteiger partial charge on any atom is 0.408 e. The van der Waals surface area contributed by atoms with Gasteiger partial charge in [0.2, 0.25) is 5.91 Å². The highest BCUT2D eigenvalue weighted by atomic mass is 32.1. The van der Waals surface area contributed by atoms with Gasteiger partial charge in [0.15, 0.2) is 0 Å². The van der Waals surface area contributed by atoms with E-state index in [1.807, 2.05) is 0 Å². The van der Waals surface area contributed by atoms with Crippen molar-refractivity contribution in [2.75, 3.05) is 11.1 Å². The average molecular weight is 361 g/mol. The number of nitrogens with one attached hydrogen (secondary N) is 1. The molecular formula is C16H15N3O5S. The van der Waals surface area contributed by atoms with E-state index in [1.54, 1.807) is 30.3 Å². The predicted molar refractivity (Wildman–Crippen MR) is 91.8 cm³/mol. The molecule has 3 rings (SSSR count). The lowest BCUT2D eigenvalue weighted by molar-refractivity contribution is -0.121. The topological polar surface area (TPSA) is 133 Å². The summed E-state index contributed by atoms with van der Waals surface area (Å²) in [4.78, 5) is 37.1. The first kappa shape index (κ1) is 16.8. The van der Waals surface area contributed by atoms with Gasteiger partial charge in [-0.2, -0.15) is 0 Å². The van der Waals surface area contributed by atoms with Crippen molar-refractivity contribution in [2.24, 2.45) is 0 Å². The molecule has 0 saturated heterocycles. The summed E-state index contributed by atoms with van der Waals surface area (Å²) in [6.45, 7) is -0.0698. The van der Waals surface area contributed by atoms with Gasteiger partial charge in [-0.1, -0.05) is 18.2 Å². The van der Waals surface area contributed by atoms with E-state index in [2.05, 4.69) is 5.32 Å². The Labute approximate surface area is 146 Å². The number of nitrogens with zero attached hydrogens (tertiary/aromatic N) is 1. The molecular weight excluding hydrogens is 346 g/mol. The third kappa shape index (κ3) is 3.13. The van der Waals surface area contributed by atoms with Crippen LogP contribution < -0.4 is 11.1 Å². The number of aromatic carboxylic acids is 1. The molecule has 1 aromatic heterocycles. The Balaban J connectivity index is 1.93. The van der Waals surface area contributed by atoms with Gasteiger partial charge in [0.1, 0.15) is 11.0 Å². The standard InChI is InChI=1S/C16H15N3O5S/c17-13-12(15(21)22)9-6-10(19(16(23)24)7-11(9)25-13)14(20)18-8-4-2-1-3-5-8/h1-5,10H,6-7,17H2,(H,18,20)(H,21,22)(H,23,24)/t10-/m0/s1. The predicted octanol–water partition coefficient (Wildman–Crippen LogP) is 2.07. The van der Waals surface area contributed by atoms with Gasteiger partial charge < -0.3 is 21.3 Å². The number of amides is 2. The number of hydrogen-bond acceptors (Lipinski definition) is 5. The number of rotatable bonds is 3. The lowest BCUT2D eigenvalue weighted by atomic mass is 9.96. The molecule has 2 aromatic rings. The molecule has 0 bridgehead atoms. The Hall–Kier alpha value is -3.07. The van der Waals surface area contributed by atoms with E-state index in [9.17, 15) is 24.6 Å². The average Bonchev–Trinajstić information content (AvgIpc) is 2.89. The SMILES string of the molecule is Nc1sc2c(c1C(=O)O)C[C@@H](C(=O)Nc1ccccc1)N(C(=O)O)C2. The molecule has 0 unspecified atom stereocenters. The zero-order valence-electron chi connectivity index (χ0n) is 12.9. The van der Waals surface area contributed by atoms with Crippen LogP contribution in [0.25, 0.3) is 0 Å². The number of carboxylic acids is 1. The fourth-order valence-electron chi connectivity index (χ4n) is 2.86. The van der Waals surface area contributed by atoms with Crippen molar-refractivity contribution in [3.05, 3.63) is 46.3 Å². The first-order valence-corrected chi connectivity index (χ1v) is 8.19. The third-order valence-corrected chi connectivity index (χ3v) is 5.06. The molecule has 1 aromatic carbocycles. The van der Waals surface area contributed by atoms with Crippen molar-refractivity contribution in [3.8, 4) is 0 Å². The largest absolute Gasteiger partial charge is 0.478 e. The summed E-state index contributed by atoms with van der Waals surface area (Å²) in [7, 11) is 0. The highest BCUT2D eigenvalue weighted by Crippen LogP contribution is 2.37. The van der Waals surface area contributed by atoms with Crippen LogP contribution in [0.3, 0.4) is 0 Å². The molecule has 2 heterocycles. The quantitative estimate of drug-likeness (QED) is 0.661. The van der Waals surface area contributed by atoms with E-state index in [1.165, 1.54) is 0 Å². The fraction of sp³-hybridized carbons (Fsp3) is 0.188. The molecule has 0 spiro atoms. The number of para-hydroxylation sites is 1. The number of carboxylic acid groups (broad SMARTS) is 2. The van der Waals surface area contributed by atoms with Gasteiger partial charge in [-0.15, -0.1) is 11.3 Å². The number of nitrogens with two attached hydrogens (primary N) is 1. The van der Waals surface area contributed by atoms with Gasteiger partial charge in [-0.05, 0) is 17.7 Å². The molecule has 8 nitrogen and oxygen atoms in total. The fourth-order valence-corrected chi connectivity index (χ4v) is 3.95. The second kappa shape index (κ2) is 6.44. The van der Waals surface area contributed by atoms with Crippen LogP contribution in [0.5, 0.6) is 0 Å². The summed E-state index contributed by atoms with van der Waals surface area (Å²) >= 11 is 1.04. The Kier molecular flexibility index (Phi) is 4.32. The van der Waals surface area contributed by atoms with E-state index in [4.69, 9.17) is 5.73 Å². The lowest BCUT2D eigenvalue weighted by Gasteiger charge is -2.32. The van der Waals surface area contributed by atoms with Gasteiger partial charge in [-0.3, -0.25) is 9.69 Å². The molecule has 0 fully saturated rings. The normalized spacial score (nSPS) is 16.2. The molecule has 1 atom stereocenters. The zero-order chi connectivity index (χ0) is 18.1. The Morgan fingerprint density at radius 2 is 1.88 bits per heavy atom. The van der Waals surface area contributed by atoms with Crippen molar-refractivity contribution < 1.29 is 24.6 Å². The van der Waals surface area contributed by atoms with Crippen LogP contribution in [0.15, 0.2) is 30.3 Å². The Bertz CT molecular complexity index is 849. The molecule has 130 valence electrons. The van der Waals surface area contributed by atoms with Gasteiger partial charge >= 0.3 is 12.1 Å². The third-order valence-electron chi connectivity index (χ3n) is 4.01. The molecule has 9 heteroatoms. The van der Waals surface area contributed by atoms with Crippen LogP contribution in [0, 0.1) is 0 Å². The van der Waals surface area contributed by atoms with Gasteiger partial charge in [0.05, 0.1) is 12.1 Å². The molecule has 1 aliphatic rings. The molecule has 5 N–H and O–H groups in total. The van der Waals surface area contributed by atoms with Crippen molar-refractivity contribution >= 4 is 40.0 Å². The molecule has 25 heavy (non-hydrogen) atoms. The van der Waals surface area contributed by atoms with Crippen LogP contribution in [-0.4, -0.2) is 39.1 Å². The van der Waals surface area contributed by atoms with Gasteiger partial charge in [0.25, 0.3) is 0 Å². The maximum atomic E-state index is 12.6. The summed E-state index contributed by atoms with van der Waals surface area (Å²) < 4.78 is 0. The van der Waals surface area contributed by atoms with Gasteiger partial charge in [-0.25, -0.2) is 9.59 Å². The van der Waals surface area contributed by atoms with Crippen molar-refractivity contribution in [3.63, 3.8) is 0 Å². The summed E-state index contributed by atoms with van der Waals surface area (Å²) in [5, 5.41) is 21.6. The van der Waals surface area contributed by atoms with Crippen LogP contribution in [-0.2, 0) is 17.8 Å². The highest BCUT2D eigenvalue weighted by molar-refractivity contribution is 7.16. The van der Waals surface area contributed by atoms with E-state index in [0.717, 1.165) is 16.2 Å². The highest BCUT2D eigenvalue weighted by Gasteiger charge is 2.38. The number of carbonyl (C=O) groups is 3. The molecule has 0 radical (unpaired) electrons. The first-order valence-electron chi connectivity index (χ1n) is 7.37. The van der Waals surface area contributed by atoms with Crippen LogP contribution in [0.4, 0.5) is 15.5 Å². The second-order valence-electron chi connectivity index (χ2n) is 5.53. The number of benzene rings is 1. The molecule has 2 amide bonds. The molecule has 0 aliphatic carbocycles. The number of anilines is 2. The van der Waals surface area contributed by atoms with E-state index < -0.39 is 24.0 Å². The Morgan fingerprint density at radius 3 is 2.48 bits per heavy atom. The van der Waals surface area contributed by atoms with E-state index >= 15 is 0 Å². The lowest BCUT2D eigenvalue weighted by Crippen LogP contribution is -2.50. The van der Waals surface area contributed by atoms with Crippen molar-refractivity contribution in [1.82, 2.24) is 4.90 Å². The Morgan fingerprint density at radius 1 is 1.20 bits per heavy atom. The second-order valence-corrected chi connectivity index (χ2v) is 6.67. The van der Waals surface area contributed by atoms with Crippen molar-refractivity contribution in [2.45, 2.75) is 19.0 Å². The molecule has 1 aliphatic heterocycles. The van der Waals surface area contributed by atoms with Gasteiger partial charge in [0, 0.05) is 17.0 Å². The number of fused-ring (bicyclic) bond motifs is 1. The van der Waals surface area contributed by atoms with Crippen LogP contribution >= 0.6 is 11.3 Å². The summed E-state index contributed by atoms with van der Waals surface area (Å²) in [6.07, 6.45) is -1.28. The number of hydrogen-bond donors (Lipinski definition) is 4. The minimum absolute atomic E-state index is 0.0321. The van der Waals surface area contributed by atoms with Crippen molar-refractivity contribution in [1.29, 1.82) is 0 Å². The minimum Gasteiger partial charge on any atom is -0.478 e. The number of nitrogen functional groups attached to an aromatic ring is 1. The summed E-state index contributed by atoms with van der Waals surface area (Å²) in [6, 6.07) is 7.61. The van der Waals surface area contributed by atoms with E-state index in [0.29, 0.717) is 16.1 Å². The first-order chi connectivity index (χ1) is 11.9. The monoisotopic (exact) mass is 361 g/mol.